The van der Waals surface area contributed by atoms with Crippen LogP contribution in [0.4, 0.5) is 0 Å². The Morgan fingerprint density at radius 2 is 1.44 bits per heavy atom. The maximum Gasteiger partial charge on any atom is 0.123 e. The van der Waals surface area contributed by atoms with Crippen LogP contribution in [-0.4, -0.2) is 12.2 Å². The molecule has 130 valence electrons. The van der Waals surface area contributed by atoms with Crippen LogP contribution in [-0.2, 0) is 0 Å². The van der Waals surface area contributed by atoms with Gasteiger partial charge in [0.2, 0.25) is 0 Å². The van der Waals surface area contributed by atoms with Crippen LogP contribution in [0.1, 0.15) is 44.7 Å². The highest BCUT2D eigenvalue weighted by atomic mass is 16.5. The topological polar surface area (TPSA) is 29.5 Å². The summed E-state index contributed by atoms with van der Waals surface area (Å²) >= 11 is 0. The molecular formula is C23H26O2. The molecule has 0 aromatic heterocycles. The van der Waals surface area contributed by atoms with E-state index < -0.39 is 0 Å². The normalized spacial score (nSPS) is 15.3. The molecule has 2 heteroatoms. The summed E-state index contributed by atoms with van der Waals surface area (Å²) in [5.41, 5.74) is 9.84. The molecule has 0 unspecified atom stereocenters. The van der Waals surface area contributed by atoms with Gasteiger partial charge in [-0.1, -0.05) is 34.9 Å². The van der Waals surface area contributed by atoms with E-state index in [1.165, 1.54) is 33.4 Å². The van der Waals surface area contributed by atoms with E-state index in [2.05, 4.69) is 52.8 Å². The molecule has 0 spiro atoms. The molecule has 0 fully saturated rings. The van der Waals surface area contributed by atoms with Gasteiger partial charge in [-0.2, -0.15) is 0 Å². The van der Waals surface area contributed by atoms with E-state index in [1.54, 1.807) is 19.2 Å². The Balaban J connectivity index is 2.26. The molecule has 0 bridgehead atoms. The van der Waals surface area contributed by atoms with Crippen molar-refractivity contribution >= 4 is 0 Å². The van der Waals surface area contributed by atoms with Gasteiger partial charge in [0.05, 0.1) is 7.11 Å². The summed E-state index contributed by atoms with van der Waals surface area (Å²) in [6.45, 7) is 10.9. The molecule has 25 heavy (non-hydrogen) atoms. The summed E-state index contributed by atoms with van der Waals surface area (Å²) in [6.07, 6.45) is 0. The van der Waals surface area contributed by atoms with Gasteiger partial charge in [0, 0.05) is 11.5 Å². The van der Waals surface area contributed by atoms with Gasteiger partial charge in [-0.3, -0.25) is 0 Å². The molecule has 2 aromatic rings. The molecule has 1 aliphatic carbocycles. The van der Waals surface area contributed by atoms with Gasteiger partial charge in [0.1, 0.15) is 11.5 Å². The quantitative estimate of drug-likeness (QED) is 0.730. The van der Waals surface area contributed by atoms with Gasteiger partial charge in [-0.05, 0) is 75.1 Å². The summed E-state index contributed by atoms with van der Waals surface area (Å²) in [4.78, 5) is 0. The lowest BCUT2D eigenvalue weighted by molar-refractivity contribution is 0.412. The smallest absolute Gasteiger partial charge is 0.123 e. The van der Waals surface area contributed by atoms with Crippen molar-refractivity contribution in [3.8, 4) is 22.6 Å². The number of rotatable bonds is 3. The Kier molecular flexibility index (Phi) is 4.47. The van der Waals surface area contributed by atoms with Crippen LogP contribution in [0.15, 0.2) is 58.7 Å². The molecule has 1 aliphatic rings. The summed E-state index contributed by atoms with van der Waals surface area (Å²) in [5, 5.41) is 10.5. The van der Waals surface area contributed by atoms with Crippen LogP contribution < -0.4 is 4.74 Å². The zero-order valence-electron chi connectivity index (χ0n) is 15.9. The van der Waals surface area contributed by atoms with Crippen molar-refractivity contribution in [3.63, 3.8) is 0 Å². The SMILES string of the molecule is COc1ccc(O)c(-c2cc(C)ccc2C2C(C)=C(C)C(C)=C2C)c1. The lowest BCUT2D eigenvalue weighted by Crippen LogP contribution is -2.02. The predicted octanol–water partition coefficient (Wildman–Crippen LogP) is 6.15. The van der Waals surface area contributed by atoms with Gasteiger partial charge in [-0.15, -0.1) is 0 Å². The van der Waals surface area contributed by atoms with E-state index in [1.807, 2.05) is 6.07 Å². The lowest BCUT2D eigenvalue weighted by atomic mass is 9.83. The Morgan fingerprint density at radius 1 is 0.800 bits per heavy atom. The van der Waals surface area contributed by atoms with Gasteiger partial charge < -0.3 is 9.84 Å². The minimum Gasteiger partial charge on any atom is -0.507 e. The Morgan fingerprint density at radius 3 is 2.04 bits per heavy atom. The monoisotopic (exact) mass is 334 g/mol. The summed E-state index contributed by atoms with van der Waals surface area (Å²) < 4.78 is 5.37. The Hall–Kier alpha value is -2.48. The molecule has 0 heterocycles. The van der Waals surface area contributed by atoms with Crippen molar-refractivity contribution in [1.82, 2.24) is 0 Å². The maximum atomic E-state index is 10.5. The van der Waals surface area contributed by atoms with Crippen LogP contribution in [0.5, 0.6) is 11.5 Å². The molecule has 2 aromatic carbocycles. The average Bonchev–Trinajstić information content (AvgIpc) is 2.79. The van der Waals surface area contributed by atoms with E-state index in [9.17, 15) is 5.11 Å². The Labute approximate surface area is 150 Å². The van der Waals surface area contributed by atoms with Gasteiger partial charge >= 0.3 is 0 Å². The van der Waals surface area contributed by atoms with Gasteiger partial charge in [0.15, 0.2) is 0 Å². The van der Waals surface area contributed by atoms with Crippen molar-refractivity contribution in [2.24, 2.45) is 0 Å². The van der Waals surface area contributed by atoms with Crippen LogP contribution >= 0.6 is 0 Å². The largest absolute Gasteiger partial charge is 0.507 e. The number of aromatic hydroxyl groups is 1. The van der Waals surface area contributed by atoms with Crippen molar-refractivity contribution in [1.29, 1.82) is 0 Å². The molecule has 0 radical (unpaired) electrons. The first-order chi connectivity index (χ1) is 11.8. The molecule has 2 nitrogen and oxygen atoms in total. The third-order valence-electron chi connectivity index (χ3n) is 5.63. The number of hydrogen-bond donors (Lipinski definition) is 1. The number of ether oxygens (including phenoxy) is 1. The molecule has 0 saturated heterocycles. The van der Waals surface area contributed by atoms with Gasteiger partial charge in [-0.25, -0.2) is 0 Å². The molecule has 0 amide bonds. The second-order valence-electron chi connectivity index (χ2n) is 7.02. The predicted molar refractivity (Wildman–Crippen MR) is 104 cm³/mol. The summed E-state index contributed by atoms with van der Waals surface area (Å²) in [6, 6.07) is 11.9. The highest BCUT2D eigenvalue weighted by Gasteiger charge is 2.28. The molecule has 3 rings (SSSR count). The standard InChI is InChI=1S/C23H26O2/c1-13-7-9-19(23-16(4)14(2)15(3)17(23)5)20(11-13)21-12-18(25-6)8-10-22(21)24/h7-12,23-24H,1-6H3. The minimum absolute atomic E-state index is 0.265. The number of aryl methyl sites for hydroxylation is 1. The molecule has 0 aliphatic heterocycles. The first kappa shape index (κ1) is 17.3. The number of allylic oxidation sites excluding steroid dienone is 4. The van der Waals surface area contributed by atoms with E-state index >= 15 is 0 Å². The van der Waals surface area contributed by atoms with Crippen molar-refractivity contribution in [2.75, 3.05) is 7.11 Å². The fourth-order valence-corrected chi connectivity index (χ4v) is 3.83. The molecule has 0 saturated carbocycles. The number of phenols is 1. The van der Waals surface area contributed by atoms with E-state index in [4.69, 9.17) is 4.74 Å². The number of phenolic OH excluding ortho intramolecular Hbond substituents is 1. The number of benzene rings is 2. The third kappa shape index (κ3) is 2.86. The van der Waals surface area contributed by atoms with Crippen LogP contribution in [0.2, 0.25) is 0 Å². The fraction of sp³-hybridized carbons (Fsp3) is 0.304. The van der Waals surface area contributed by atoms with E-state index in [-0.39, 0.29) is 11.7 Å². The Bertz CT molecular complexity index is 876. The minimum atomic E-state index is 0.265. The van der Waals surface area contributed by atoms with Crippen LogP contribution in [0.3, 0.4) is 0 Å². The highest BCUT2D eigenvalue weighted by molar-refractivity contribution is 5.77. The highest BCUT2D eigenvalue weighted by Crippen LogP contribution is 2.47. The first-order valence-electron chi connectivity index (χ1n) is 8.68. The van der Waals surface area contributed by atoms with Crippen molar-refractivity contribution in [3.05, 3.63) is 69.8 Å². The van der Waals surface area contributed by atoms with E-state index in [0.717, 1.165) is 16.9 Å². The maximum absolute atomic E-state index is 10.5. The number of hydrogen-bond acceptors (Lipinski definition) is 2. The second-order valence-corrected chi connectivity index (χ2v) is 7.02. The zero-order valence-corrected chi connectivity index (χ0v) is 15.9. The third-order valence-corrected chi connectivity index (χ3v) is 5.63. The fourth-order valence-electron chi connectivity index (χ4n) is 3.83. The molecular weight excluding hydrogens is 308 g/mol. The van der Waals surface area contributed by atoms with Crippen LogP contribution in [0.25, 0.3) is 11.1 Å². The molecule has 1 N–H and O–H groups in total. The second kappa shape index (κ2) is 6.44. The summed E-state index contributed by atoms with van der Waals surface area (Å²) in [7, 11) is 1.65. The van der Waals surface area contributed by atoms with Crippen LogP contribution in [0, 0.1) is 6.92 Å². The van der Waals surface area contributed by atoms with Crippen molar-refractivity contribution < 1.29 is 9.84 Å². The van der Waals surface area contributed by atoms with E-state index in [0.29, 0.717) is 0 Å². The number of methoxy groups -OCH3 is 1. The first-order valence-corrected chi connectivity index (χ1v) is 8.68. The lowest BCUT2D eigenvalue weighted by Gasteiger charge is -2.21. The zero-order chi connectivity index (χ0) is 18.3. The van der Waals surface area contributed by atoms with Crippen molar-refractivity contribution in [2.45, 2.75) is 40.5 Å². The van der Waals surface area contributed by atoms with Gasteiger partial charge in [0.25, 0.3) is 0 Å². The molecule has 0 atom stereocenters. The average molecular weight is 334 g/mol. The summed E-state index contributed by atoms with van der Waals surface area (Å²) in [5.74, 6) is 1.29.